The Balaban J connectivity index is 1.92. The number of hydrogen-bond acceptors (Lipinski definition) is 3. The summed E-state index contributed by atoms with van der Waals surface area (Å²) in [6, 6.07) is 3.48. The lowest BCUT2D eigenvalue weighted by atomic mass is 9.77. The van der Waals surface area contributed by atoms with Gasteiger partial charge >= 0.3 is 0 Å². The van der Waals surface area contributed by atoms with Crippen LogP contribution in [0.25, 0.3) is 0 Å². The van der Waals surface area contributed by atoms with Crippen LogP contribution in [0.5, 0.6) is 0 Å². The molecule has 1 aliphatic rings. The molecule has 2 aromatic rings. The summed E-state index contributed by atoms with van der Waals surface area (Å²) < 4.78 is 29.2. The number of likely N-dealkylation sites (N-methyl/N-ethyl adjacent to an activating group) is 1. The zero-order valence-electron chi connectivity index (χ0n) is 13.8. The largest absolute Gasteiger partial charge is 0.337 e. The van der Waals surface area contributed by atoms with E-state index >= 15 is 0 Å². The number of hydrogen-bond donors (Lipinski definition) is 0. The molecule has 0 N–H and O–H groups in total. The number of carbonyl (C=O) groups excluding carboxylic acids is 1. The lowest BCUT2D eigenvalue weighted by Gasteiger charge is -2.33. The summed E-state index contributed by atoms with van der Waals surface area (Å²) in [7, 11) is 3.43. The first-order valence-electron chi connectivity index (χ1n) is 7.98. The van der Waals surface area contributed by atoms with Crippen LogP contribution >= 0.6 is 0 Å². The minimum atomic E-state index is -0.925. The van der Waals surface area contributed by atoms with Gasteiger partial charge in [-0.3, -0.25) is 9.48 Å². The van der Waals surface area contributed by atoms with Crippen molar-refractivity contribution in [2.45, 2.75) is 37.6 Å². The summed E-state index contributed by atoms with van der Waals surface area (Å²) >= 11 is 0. The quantitative estimate of drug-likeness (QED) is 0.863. The molecule has 1 saturated carbocycles. The van der Waals surface area contributed by atoms with Crippen molar-refractivity contribution in [3.63, 3.8) is 0 Å². The maximum absolute atomic E-state index is 14.4. The van der Waals surface area contributed by atoms with Crippen molar-refractivity contribution in [1.82, 2.24) is 19.7 Å². The van der Waals surface area contributed by atoms with E-state index in [1.165, 1.54) is 18.5 Å². The third-order valence-electron chi connectivity index (χ3n) is 4.84. The van der Waals surface area contributed by atoms with Crippen LogP contribution in [0, 0.1) is 11.6 Å². The molecule has 1 heterocycles. The first-order valence-corrected chi connectivity index (χ1v) is 7.98. The Labute approximate surface area is 139 Å². The second kappa shape index (κ2) is 6.30. The van der Waals surface area contributed by atoms with E-state index in [0.717, 1.165) is 18.9 Å². The Morgan fingerprint density at radius 3 is 2.62 bits per heavy atom. The van der Waals surface area contributed by atoms with Crippen LogP contribution in [0.1, 0.15) is 37.1 Å². The van der Waals surface area contributed by atoms with Crippen LogP contribution in [0.4, 0.5) is 8.78 Å². The fourth-order valence-corrected chi connectivity index (χ4v) is 3.57. The Bertz CT molecular complexity index is 753. The molecule has 5 nitrogen and oxygen atoms in total. The van der Waals surface area contributed by atoms with Gasteiger partial charge in [-0.25, -0.2) is 13.8 Å². The first kappa shape index (κ1) is 16.5. The molecule has 1 fully saturated rings. The summed E-state index contributed by atoms with van der Waals surface area (Å²) in [4.78, 5) is 18.8. The summed E-state index contributed by atoms with van der Waals surface area (Å²) in [5.74, 6) is -0.798. The van der Waals surface area contributed by atoms with Gasteiger partial charge in [0, 0.05) is 25.7 Å². The molecular weight excluding hydrogens is 314 g/mol. The SMILES string of the molecule is CN(Cc1ncnn1C)C(=O)C1(c2ccc(F)cc2F)CCCC1. The molecule has 0 spiro atoms. The highest BCUT2D eigenvalue weighted by Gasteiger charge is 2.46. The minimum absolute atomic E-state index is 0.159. The van der Waals surface area contributed by atoms with Crippen molar-refractivity contribution >= 4 is 5.91 Å². The average Bonchev–Trinajstić information content (AvgIpc) is 3.17. The van der Waals surface area contributed by atoms with E-state index in [-0.39, 0.29) is 11.5 Å². The maximum atomic E-state index is 14.4. The van der Waals surface area contributed by atoms with Crippen LogP contribution in [0.15, 0.2) is 24.5 Å². The highest BCUT2D eigenvalue weighted by molar-refractivity contribution is 5.88. The zero-order valence-corrected chi connectivity index (χ0v) is 13.8. The van der Waals surface area contributed by atoms with Gasteiger partial charge < -0.3 is 4.90 Å². The van der Waals surface area contributed by atoms with Crippen molar-refractivity contribution in [1.29, 1.82) is 0 Å². The molecule has 0 unspecified atom stereocenters. The predicted molar refractivity (Wildman–Crippen MR) is 84.0 cm³/mol. The Hall–Kier alpha value is -2.31. The summed E-state index contributed by atoms with van der Waals surface area (Å²) in [6.45, 7) is 0.292. The van der Waals surface area contributed by atoms with Gasteiger partial charge in [0.2, 0.25) is 5.91 Å². The molecule has 1 aromatic carbocycles. The number of halogens is 2. The monoisotopic (exact) mass is 334 g/mol. The van der Waals surface area contributed by atoms with Crippen molar-refractivity contribution in [2.24, 2.45) is 7.05 Å². The van der Waals surface area contributed by atoms with E-state index < -0.39 is 17.0 Å². The Kier molecular flexibility index (Phi) is 4.34. The van der Waals surface area contributed by atoms with Crippen LogP contribution in [-0.4, -0.2) is 32.6 Å². The van der Waals surface area contributed by atoms with Gasteiger partial charge in [0.1, 0.15) is 23.8 Å². The first-order chi connectivity index (χ1) is 11.4. The number of benzene rings is 1. The molecule has 1 aromatic heterocycles. The van der Waals surface area contributed by atoms with Gasteiger partial charge in [-0.1, -0.05) is 18.9 Å². The van der Waals surface area contributed by atoms with Crippen LogP contribution in [-0.2, 0) is 23.8 Å². The van der Waals surface area contributed by atoms with Gasteiger partial charge in [0.05, 0.1) is 12.0 Å². The van der Waals surface area contributed by atoms with Crippen LogP contribution in [0.2, 0.25) is 0 Å². The Morgan fingerprint density at radius 1 is 1.33 bits per heavy atom. The second-order valence-corrected chi connectivity index (χ2v) is 6.37. The van der Waals surface area contributed by atoms with Crippen molar-refractivity contribution in [3.05, 3.63) is 47.5 Å². The molecule has 128 valence electrons. The molecule has 0 atom stereocenters. The highest BCUT2D eigenvalue weighted by atomic mass is 19.1. The zero-order chi connectivity index (χ0) is 17.3. The van der Waals surface area contributed by atoms with E-state index in [2.05, 4.69) is 10.1 Å². The fraction of sp³-hybridized carbons (Fsp3) is 0.471. The lowest BCUT2D eigenvalue weighted by Crippen LogP contribution is -2.44. The standard InChI is InChI=1S/C17H20F2N4O/c1-22(10-15-20-11-21-23(15)2)16(24)17(7-3-4-8-17)13-6-5-12(18)9-14(13)19/h5-6,9,11H,3-4,7-8,10H2,1-2H3. The fourth-order valence-electron chi connectivity index (χ4n) is 3.57. The molecule has 3 rings (SSSR count). The summed E-state index contributed by atoms with van der Waals surface area (Å²) in [5, 5.41) is 3.99. The normalized spacial score (nSPS) is 16.3. The van der Waals surface area contributed by atoms with E-state index in [4.69, 9.17) is 0 Å². The van der Waals surface area contributed by atoms with Gasteiger partial charge in [0.15, 0.2) is 0 Å². The lowest BCUT2D eigenvalue weighted by molar-refractivity contribution is -0.136. The molecular formula is C17H20F2N4O. The molecule has 1 aliphatic carbocycles. The minimum Gasteiger partial charge on any atom is -0.337 e. The number of aromatic nitrogens is 3. The highest BCUT2D eigenvalue weighted by Crippen LogP contribution is 2.43. The van der Waals surface area contributed by atoms with Gasteiger partial charge in [-0.2, -0.15) is 5.10 Å². The third-order valence-corrected chi connectivity index (χ3v) is 4.84. The molecule has 24 heavy (non-hydrogen) atoms. The van der Waals surface area contributed by atoms with Gasteiger partial charge in [0.25, 0.3) is 0 Å². The van der Waals surface area contributed by atoms with Gasteiger partial charge in [-0.05, 0) is 18.9 Å². The van der Waals surface area contributed by atoms with E-state index in [0.29, 0.717) is 25.2 Å². The van der Waals surface area contributed by atoms with E-state index in [1.807, 2.05) is 0 Å². The number of carbonyl (C=O) groups is 1. The summed E-state index contributed by atoms with van der Waals surface area (Å²) in [6.07, 6.45) is 4.26. The third kappa shape index (κ3) is 2.79. The average molecular weight is 334 g/mol. The Morgan fingerprint density at radius 2 is 2.04 bits per heavy atom. The van der Waals surface area contributed by atoms with Crippen molar-refractivity contribution < 1.29 is 13.6 Å². The smallest absolute Gasteiger partial charge is 0.233 e. The maximum Gasteiger partial charge on any atom is 0.233 e. The molecule has 0 aliphatic heterocycles. The van der Waals surface area contributed by atoms with E-state index in [9.17, 15) is 13.6 Å². The number of rotatable bonds is 4. The van der Waals surface area contributed by atoms with Crippen LogP contribution in [0.3, 0.4) is 0 Å². The number of aryl methyl sites for hydroxylation is 1. The topological polar surface area (TPSA) is 51.0 Å². The van der Waals surface area contributed by atoms with Gasteiger partial charge in [-0.15, -0.1) is 0 Å². The summed E-state index contributed by atoms with van der Waals surface area (Å²) in [5.41, 5.74) is -0.637. The molecule has 0 bridgehead atoms. The molecule has 1 amide bonds. The second-order valence-electron chi connectivity index (χ2n) is 6.37. The van der Waals surface area contributed by atoms with Crippen molar-refractivity contribution in [3.8, 4) is 0 Å². The molecule has 7 heteroatoms. The number of amides is 1. The molecule has 0 saturated heterocycles. The number of nitrogens with zero attached hydrogens (tertiary/aromatic N) is 4. The molecule has 0 radical (unpaired) electrons. The van der Waals surface area contributed by atoms with E-state index in [1.54, 1.807) is 23.7 Å². The van der Waals surface area contributed by atoms with Crippen LogP contribution < -0.4 is 0 Å². The van der Waals surface area contributed by atoms with Crippen molar-refractivity contribution in [2.75, 3.05) is 7.05 Å². The predicted octanol–water partition coefficient (Wildman–Crippen LogP) is 2.56.